The first-order valence-corrected chi connectivity index (χ1v) is 9.61. The number of hydrogen-bond acceptors (Lipinski definition) is 6. The van der Waals surface area contributed by atoms with Crippen molar-refractivity contribution in [3.05, 3.63) is 41.3 Å². The molecule has 164 valence electrons. The molecule has 3 aromatic heterocycles. The van der Waals surface area contributed by atoms with Crippen LogP contribution in [0.2, 0.25) is 0 Å². The van der Waals surface area contributed by atoms with Crippen molar-refractivity contribution in [1.29, 1.82) is 0 Å². The number of methoxy groups -OCH3 is 2. The molecule has 0 unspecified atom stereocenters. The highest BCUT2D eigenvalue weighted by molar-refractivity contribution is 5.92. The summed E-state index contributed by atoms with van der Waals surface area (Å²) >= 11 is 0. The van der Waals surface area contributed by atoms with Crippen LogP contribution in [-0.4, -0.2) is 58.1 Å². The number of hydrogen-bond donors (Lipinski definition) is 1. The predicted octanol–water partition coefficient (Wildman–Crippen LogP) is 3.41. The summed E-state index contributed by atoms with van der Waals surface area (Å²) in [5, 5.41) is 0. The Hall–Kier alpha value is -3.37. The lowest BCUT2D eigenvalue weighted by Gasteiger charge is -2.32. The Morgan fingerprint density at radius 3 is 2.68 bits per heavy atom. The molecule has 8 nitrogen and oxygen atoms in total. The average molecular weight is 435 g/mol. The number of amides is 1. The van der Waals surface area contributed by atoms with E-state index in [1.54, 1.807) is 11.0 Å². The van der Waals surface area contributed by atoms with Crippen LogP contribution in [0.25, 0.3) is 11.0 Å². The molecular weight excluding hydrogens is 415 g/mol. The zero-order valence-electron chi connectivity index (χ0n) is 16.9. The molecule has 1 fully saturated rings. The average Bonchev–Trinajstić information content (AvgIpc) is 3.21. The Morgan fingerprint density at radius 1 is 1.16 bits per heavy atom. The Morgan fingerprint density at radius 2 is 1.97 bits per heavy atom. The highest BCUT2D eigenvalue weighted by Crippen LogP contribution is 2.32. The minimum absolute atomic E-state index is 0.0263. The number of H-pyrrole nitrogens is 1. The quantitative estimate of drug-likeness (QED) is 0.675. The molecular formula is C20H20F3N5O3. The van der Waals surface area contributed by atoms with Crippen LogP contribution in [0.3, 0.4) is 0 Å². The first-order chi connectivity index (χ1) is 14.8. The number of aromatic amines is 1. The van der Waals surface area contributed by atoms with Gasteiger partial charge in [0.25, 0.3) is 5.91 Å². The Bertz CT molecular complexity index is 1090. The van der Waals surface area contributed by atoms with Gasteiger partial charge in [0.2, 0.25) is 5.88 Å². The molecule has 3 aromatic rings. The monoisotopic (exact) mass is 435 g/mol. The molecule has 1 saturated heterocycles. The molecule has 0 aliphatic carbocycles. The standard InChI is InChI=1S/C20H20F3N5O3/c1-30-17-9-15(26-19(27-17)31-2)18(29)28-7-3-4-11(10-28)13-8-14-12(24-13)5-6-16(25-14)20(21,22)23/h5-6,8-9,11,24H,3-4,7,10H2,1-2H3/t11-/m0/s1. The number of nitrogens with one attached hydrogen (secondary N) is 1. The highest BCUT2D eigenvalue weighted by atomic mass is 19.4. The second kappa shape index (κ2) is 8.05. The van der Waals surface area contributed by atoms with Gasteiger partial charge in [-0.15, -0.1) is 0 Å². The predicted molar refractivity (Wildman–Crippen MR) is 104 cm³/mol. The number of rotatable bonds is 4. The van der Waals surface area contributed by atoms with E-state index in [9.17, 15) is 18.0 Å². The third-order valence-electron chi connectivity index (χ3n) is 5.23. The van der Waals surface area contributed by atoms with Crippen LogP contribution in [0, 0.1) is 0 Å². The van der Waals surface area contributed by atoms with E-state index in [-0.39, 0.29) is 34.9 Å². The molecule has 11 heteroatoms. The van der Waals surface area contributed by atoms with Crippen LogP contribution in [-0.2, 0) is 6.18 Å². The van der Waals surface area contributed by atoms with E-state index in [0.29, 0.717) is 18.6 Å². The van der Waals surface area contributed by atoms with E-state index in [4.69, 9.17) is 9.47 Å². The zero-order valence-corrected chi connectivity index (χ0v) is 16.9. The number of carbonyl (C=O) groups excluding carboxylic acids is 1. The summed E-state index contributed by atoms with van der Waals surface area (Å²) in [6.45, 7) is 0.938. The number of halogens is 3. The number of fused-ring (bicyclic) bond motifs is 1. The highest BCUT2D eigenvalue weighted by Gasteiger charge is 2.33. The normalized spacial score (nSPS) is 17.1. The van der Waals surface area contributed by atoms with Gasteiger partial charge in [-0.2, -0.15) is 23.1 Å². The van der Waals surface area contributed by atoms with Crippen molar-refractivity contribution in [2.24, 2.45) is 0 Å². The third kappa shape index (κ3) is 4.25. The second-order valence-corrected chi connectivity index (χ2v) is 7.22. The fourth-order valence-corrected chi connectivity index (χ4v) is 3.69. The SMILES string of the molecule is COc1cc(C(=O)N2CCC[C@H](c3cc4nc(C(F)(F)F)ccc4[nH]3)C2)nc(OC)n1. The van der Waals surface area contributed by atoms with Gasteiger partial charge in [0.05, 0.1) is 25.3 Å². The summed E-state index contributed by atoms with van der Waals surface area (Å²) in [5.41, 5.74) is 0.739. The fraction of sp³-hybridized carbons (Fsp3) is 0.400. The molecule has 0 bridgehead atoms. The lowest BCUT2D eigenvalue weighted by molar-refractivity contribution is -0.140. The summed E-state index contributed by atoms with van der Waals surface area (Å²) < 4.78 is 49.0. The summed E-state index contributed by atoms with van der Waals surface area (Å²) in [4.78, 5) is 29.6. The third-order valence-corrected chi connectivity index (χ3v) is 5.23. The van der Waals surface area contributed by atoms with Crippen molar-refractivity contribution < 1.29 is 27.4 Å². The van der Waals surface area contributed by atoms with Gasteiger partial charge in [0.15, 0.2) is 0 Å². The van der Waals surface area contributed by atoms with E-state index in [0.717, 1.165) is 24.6 Å². The largest absolute Gasteiger partial charge is 0.481 e. The number of likely N-dealkylation sites (tertiary alicyclic amines) is 1. The van der Waals surface area contributed by atoms with E-state index in [1.807, 2.05) is 0 Å². The van der Waals surface area contributed by atoms with Gasteiger partial charge in [-0.3, -0.25) is 4.79 Å². The number of nitrogens with zero attached hydrogens (tertiary/aromatic N) is 4. The zero-order chi connectivity index (χ0) is 22.2. The maximum Gasteiger partial charge on any atom is 0.433 e. The number of carbonyl (C=O) groups is 1. The van der Waals surface area contributed by atoms with Crippen molar-refractivity contribution in [2.75, 3.05) is 27.3 Å². The van der Waals surface area contributed by atoms with Gasteiger partial charge >= 0.3 is 12.2 Å². The van der Waals surface area contributed by atoms with E-state index >= 15 is 0 Å². The first-order valence-electron chi connectivity index (χ1n) is 9.61. The molecule has 1 amide bonds. The summed E-state index contributed by atoms with van der Waals surface area (Å²) in [5.74, 6) is -0.143. The topological polar surface area (TPSA) is 93.2 Å². The molecule has 4 rings (SSSR count). The van der Waals surface area contributed by atoms with Gasteiger partial charge in [-0.25, -0.2) is 4.98 Å². The molecule has 0 saturated carbocycles. The molecule has 1 aliphatic heterocycles. The van der Waals surface area contributed by atoms with Crippen LogP contribution < -0.4 is 9.47 Å². The van der Waals surface area contributed by atoms with E-state index in [1.165, 1.54) is 26.4 Å². The number of aromatic nitrogens is 4. The van der Waals surface area contributed by atoms with Crippen molar-refractivity contribution in [1.82, 2.24) is 24.8 Å². The van der Waals surface area contributed by atoms with Gasteiger partial charge in [0.1, 0.15) is 11.4 Å². The lowest BCUT2D eigenvalue weighted by atomic mass is 9.94. The van der Waals surface area contributed by atoms with Crippen molar-refractivity contribution >= 4 is 16.9 Å². The van der Waals surface area contributed by atoms with Gasteiger partial charge < -0.3 is 19.4 Å². The molecule has 0 spiro atoms. The number of pyridine rings is 1. The maximum absolute atomic E-state index is 13.0. The minimum Gasteiger partial charge on any atom is -0.481 e. The minimum atomic E-state index is -4.50. The first kappa shape index (κ1) is 20.9. The maximum atomic E-state index is 13.0. The second-order valence-electron chi connectivity index (χ2n) is 7.22. The molecule has 31 heavy (non-hydrogen) atoms. The van der Waals surface area contributed by atoms with Crippen LogP contribution in [0.15, 0.2) is 24.3 Å². The number of ether oxygens (including phenoxy) is 2. The number of alkyl halides is 3. The number of piperidine rings is 1. The van der Waals surface area contributed by atoms with Gasteiger partial charge in [-0.1, -0.05) is 0 Å². The summed E-state index contributed by atoms with van der Waals surface area (Å²) in [7, 11) is 2.83. The molecule has 0 aromatic carbocycles. The molecule has 1 aliphatic rings. The van der Waals surface area contributed by atoms with Crippen molar-refractivity contribution in [2.45, 2.75) is 24.9 Å². The Balaban J connectivity index is 1.56. The van der Waals surface area contributed by atoms with Gasteiger partial charge in [-0.05, 0) is 31.0 Å². The van der Waals surface area contributed by atoms with Crippen LogP contribution >= 0.6 is 0 Å². The molecule has 0 radical (unpaired) electrons. The van der Waals surface area contributed by atoms with E-state index in [2.05, 4.69) is 19.9 Å². The van der Waals surface area contributed by atoms with Crippen LogP contribution in [0.5, 0.6) is 11.9 Å². The molecule has 1 N–H and O–H groups in total. The van der Waals surface area contributed by atoms with Crippen molar-refractivity contribution in [3.63, 3.8) is 0 Å². The van der Waals surface area contributed by atoms with E-state index < -0.39 is 11.9 Å². The molecule has 1 atom stereocenters. The fourth-order valence-electron chi connectivity index (χ4n) is 3.69. The summed E-state index contributed by atoms with van der Waals surface area (Å²) in [6, 6.07) is 5.42. The van der Waals surface area contributed by atoms with Gasteiger partial charge in [0, 0.05) is 30.8 Å². The molecule has 4 heterocycles. The smallest absolute Gasteiger partial charge is 0.433 e. The lowest BCUT2D eigenvalue weighted by Crippen LogP contribution is -2.39. The Labute approximate surface area is 175 Å². The Kier molecular flexibility index (Phi) is 5.42. The van der Waals surface area contributed by atoms with Crippen molar-refractivity contribution in [3.8, 4) is 11.9 Å². The van der Waals surface area contributed by atoms with Crippen LogP contribution in [0.1, 0.15) is 40.6 Å². The van der Waals surface area contributed by atoms with Crippen LogP contribution in [0.4, 0.5) is 13.2 Å². The summed E-state index contributed by atoms with van der Waals surface area (Å²) in [6.07, 6.45) is -2.97.